The lowest BCUT2D eigenvalue weighted by molar-refractivity contribution is -0.141. The molecule has 24 heavy (non-hydrogen) atoms. The molecule has 134 valence electrons. The molecule has 0 aliphatic carbocycles. The number of rotatable bonds is 7. The van der Waals surface area contributed by atoms with Gasteiger partial charge in [0.2, 0.25) is 7.37 Å². The number of carboxylic acids is 1. The monoisotopic (exact) mass is 358 g/mol. The summed E-state index contributed by atoms with van der Waals surface area (Å²) in [6, 6.07) is 5.97. The maximum atomic E-state index is 13.0. The van der Waals surface area contributed by atoms with E-state index in [0.717, 1.165) is 5.56 Å². The van der Waals surface area contributed by atoms with Gasteiger partial charge in [-0.05, 0) is 37.1 Å². The van der Waals surface area contributed by atoms with Crippen LogP contribution in [0.5, 0.6) is 0 Å². The Morgan fingerprint density at radius 3 is 2.58 bits per heavy atom. The molecule has 0 aromatic heterocycles. The van der Waals surface area contributed by atoms with Gasteiger partial charge in [-0.25, -0.2) is 4.39 Å². The van der Waals surface area contributed by atoms with Crippen molar-refractivity contribution in [1.29, 1.82) is 0 Å². The highest BCUT2D eigenvalue weighted by Gasteiger charge is 2.56. The van der Waals surface area contributed by atoms with Crippen LogP contribution in [-0.2, 0) is 15.9 Å². The molecule has 1 aliphatic heterocycles. The Balaban J connectivity index is 2.18. The van der Waals surface area contributed by atoms with Crippen molar-refractivity contribution in [3.8, 4) is 0 Å². The van der Waals surface area contributed by atoms with E-state index in [1.807, 2.05) is 4.90 Å². The standard InChI is InChI=1S/C16H24FN2O4P/c17-14-5-3-13(4-6-14)11-19-9-10-24(22,23)16(12-19,15(20)21)7-1-2-8-18/h3-6H,1-2,7-12,18H2,(H,20,21)(H,22,23). The number of benzene rings is 1. The Kier molecular flexibility index (Phi) is 6.15. The van der Waals surface area contributed by atoms with Crippen LogP contribution in [0.15, 0.2) is 24.3 Å². The fourth-order valence-corrected chi connectivity index (χ4v) is 5.38. The smallest absolute Gasteiger partial charge is 0.320 e. The topological polar surface area (TPSA) is 104 Å². The van der Waals surface area contributed by atoms with Gasteiger partial charge in [-0.1, -0.05) is 18.6 Å². The van der Waals surface area contributed by atoms with Crippen molar-refractivity contribution in [2.75, 3.05) is 25.8 Å². The average molecular weight is 358 g/mol. The summed E-state index contributed by atoms with van der Waals surface area (Å²) in [4.78, 5) is 24.1. The maximum absolute atomic E-state index is 13.0. The molecule has 1 saturated heterocycles. The molecule has 1 aliphatic rings. The van der Waals surface area contributed by atoms with Crippen molar-refractivity contribution in [3.63, 3.8) is 0 Å². The Hall–Kier alpha value is -1.27. The fraction of sp³-hybridized carbons (Fsp3) is 0.562. The summed E-state index contributed by atoms with van der Waals surface area (Å²) in [5.74, 6) is -1.56. The van der Waals surface area contributed by atoms with Gasteiger partial charge >= 0.3 is 5.97 Å². The summed E-state index contributed by atoms with van der Waals surface area (Å²) < 4.78 is 25.6. The highest BCUT2D eigenvalue weighted by atomic mass is 31.2. The number of unbranched alkanes of at least 4 members (excludes halogenated alkanes) is 1. The number of hydrogen-bond acceptors (Lipinski definition) is 4. The van der Waals surface area contributed by atoms with E-state index >= 15 is 0 Å². The Labute approximate surface area is 140 Å². The van der Waals surface area contributed by atoms with Gasteiger partial charge in [0.1, 0.15) is 5.82 Å². The van der Waals surface area contributed by atoms with Gasteiger partial charge < -0.3 is 15.7 Å². The van der Waals surface area contributed by atoms with Crippen LogP contribution in [0.25, 0.3) is 0 Å². The number of hydrogen-bond donors (Lipinski definition) is 3. The molecule has 6 nitrogen and oxygen atoms in total. The van der Waals surface area contributed by atoms with Crippen LogP contribution >= 0.6 is 7.37 Å². The van der Waals surface area contributed by atoms with Crippen molar-refractivity contribution in [3.05, 3.63) is 35.6 Å². The lowest BCUT2D eigenvalue weighted by Crippen LogP contribution is -2.53. The molecule has 1 aromatic carbocycles. The summed E-state index contributed by atoms with van der Waals surface area (Å²) in [7, 11) is -3.82. The first-order chi connectivity index (χ1) is 11.3. The Morgan fingerprint density at radius 1 is 1.33 bits per heavy atom. The zero-order chi connectivity index (χ0) is 17.8. The van der Waals surface area contributed by atoms with Crippen LogP contribution in [0.2, 0.25) is 0 Å². The lowest BCUT2D eigenvalue weighted by Gasteiger charge is -2.43. The van der Waals surface area contributed by atoms with Crippen LogP contribution in [0.3, 0.4) is 0 Å². The molecule has 2 rings (SSSR count). The first-order valence-electron chi connectivity index (χ1n) is 8.03. The largest absolute Gasteiger partial charge is 0.480 e. The zero-order valence-electron chi connectivity index (χ0n) is 13.5. The molecule has 0 saturated carbocycles. The van der Waals surface area contributed by atoms with E-state index < -0.39 is 18.5 Å². The molecule has 2 atom stereocenters. The minimum Gasteiger partial charge on any atom is -0.480 e. The quantitative estimate of drug-likeness (QED) is 0.508. The van der Waals surface area contributed by atoms with Crippen LogP contribution in [-0.4, -0.2) is 51.8 Å². The highest BCUT2D eigenvalue weighted by Crippen LogP contribution is 2.59. The maximum Gasteiger partial charge on any atom is 0.320 e. The number of halogens is 1. The second-order valence-corrected chi connectivity index (χ2v) is 9.05. The first-order valence-corrected chi connectivity index (χ1v) is 9.87. The van der Waals surface area contributed by atoms with Crippen LogP contribution < -0.4 is 5.73 Å². The third-order valence-corrected chi connectivity index (χ3v) is 7.34. The predicted molar refractivity (Wildman–Crippen MR) is 89.6 cm³/mol. The van der Waals surface area contributed by atoms with Gasteiger partial charge in [-0.15, -0.1) is 0 Å². The highest BCUT2D eigenvalue weighted by molar-refractivity contribution is 7.61. The van der Waals surface area contributed by atoms with Crippen molar-refractivity contribution >= 4 is 13.3 Å². The number of carbonyl (C=O) groups is 1. The summed E-state index contributed by atoms with van der Waals surface area (Å²) in [6.07, 6.45) is 1.20. The molecule has 8 heteroatoms. The summed E-state index contributed by atoms with van der Waals surface area (Å²) >= 11 is 0. The molecule has 4 N–H and O–H groups in total. The second-order valence-electron chi connectivity index (χ2n) is 6.34. The number of aliphatic carboxylic acids is 1. The van der Waals surface area contributed by atoms with Crippen LogP contribution in [0, 0.1) is 5.82 Å². The minimum atomic E-state index is -3.82. The molecular weight excluding hydrogens is 334 g/mol. The van der Waals surface area contributed by atoms with Gasteiger partial charge in [0.15, 0.2) is 5.16 Å². The molecule has 0 spiro atoms. The SMILES string of the molecule is NCCCCC1(C(=O)O)CN(Cc2ccc(F)cc2)CCP1(=O)O. The predicted octanol–water partition coefficient (Wildman–Crippen LogP) is 1.86. The van der Waals surface area contributed by atoms with Gasteiger partial charge in [0.25, 0.3) is 0 Å². The van der Waals surface area contributed by atoms with Gasteiger partial charge in [-0.2, -0.15) is 0 Å². The van der Waals surface area contributed by atoms with Gasteiger partial charge in [0, 0.05) is 25.8 Å². The third kappa shape index (κ3) is 4.03. The lowest BCUT2D eigenvalue weighted by atomic mass is 9.99. The van der Waals surface area contributed by atoms with E-state index in [0.29, 0.717) is 32.5 Å². The van der Waals surface area contributed by atoms with Gasteiger partial charge in [-0.3, -0.25) is 14.3 Å². The van der Waals surface area contributed by atoms with Crippen molar-refractivity contribution in [1.82, 2.24) is 4.90 Å². The Bertz CT molecular complexity index is 625. The van der Waals surface area contributed by atoms with Gasteiger partial charge in [0.05, 0.1) is 0 Å². The molecular formula is C16H24FN2O4P. The number of nitrogens with zero attached hydrogens (tertiary/aromatic N) is 1. The minimum absolute atomic E-state index is 0.0120. The molecule has 1 aromatic rings. The van der Waals surface area contributed by atoms with Crippen LogP contribution in [0.4, 0.5) is 4.39 Å². The molecule has 2 unspecified atom stereocenters. The molecule has 1 fully saturated rings. The number of carboxylic acid groups (broad SMARTS) is 1. The fourth-order valence-electron chi connectivity index (χ4n) is 3.17. The Morgan fingerprint density at radius 2 is 2.00 bits per heavy atom. The molecule has 0 bridgehead atoms. The summed E-state index contributed by atoms with van der Waals surface area (Å²) in [5, 5.41) is 8.05. The van der Waals surface area contributed by atoms with E-state index in [2.05, 4.69) is 0 Å². The normalized spacial score (nSPS) is 28.0. The van der Waals surface area contributed by atoms with E-state index in [4.69, 9.17) is 5.73 Å². The van der Waals surface area contributed by atoms with E-state index in [1.165, 1.54) is 12.1 Å². The summed E-state index contributed by atoms with van der Waals surface area (Å²) in [6.45, 7) is 1.20. The summed E-state index contributed by atoms with van der Waals surface area (Å²) in [5.41, 5.74) is 6.29. The van der Waals surface area contributed by atoms with Crippen molar-refractivity contribution in [2.24, 2.45) is 5.73 Å². The molecule has 0 radical (unpaired) electrons. The molecule has 0 amide bonds. The zero-order valence-corrected chi connectivity index (χ0v) is 14.4. The average Bonchev–Trinajstić information content (AvgIpc) is 2.52. The van der Waals surface area contributed by atoms with E-state index in [1.54, 1.807) is 12.1 Å². The second kappa shape index (κ2) is 7.74. The number of nitrogens with two attached hydrogens (primary N) is 1. The van der Waals surface area contributed by atoms with Crippen molar-refractivity contribution in [2.45, 2.75) is 31.0 Å². The van der Waals surface area contributed by atoms with Crippen LogP contribution in [0.1, 0.15) is 24.8 Å². The first kappa shape index (κ1) is 19.1. The van der Waals surface area contributed by atoms with E-state index in [9.17, 15) is 23.7 Å². The van der Waals surface area contributed by atoms with E-state index in [-0.39, 0.29) is 24.9 Å². The van der Waals surface area contributed by atoms with Crippen molar-refractivity contribution < 1.29 is 23.7 Å². The third-order valence-electron chi connectivity index (χ3n) is 4.64. The molecule has 1 heterocycles.